The van der Waals surface area contributed by atoms with Crippen LogP contribution in [0.5, 0.6) is 0 Å². The Morgan fingerprint density at radius 1 is 1.25 bits per heavy atom. The van der Waals surface area contributed by atoms with E-state index in [-0.39, 0.29) is 0 Å². The molecule has 0 aromatic carbocycles. The standard InChI is InChI=1S/C13H28N2O/c1-2-3-4-5-6-13(15-14)11-12-7-9-16-10-8-12/h12-13,15H,2-11,14H2,1H3. The van der Waals surface area contributed by atoms with Gasteiger partial charge in [0, 0.05) is 19.3 Å². The summed E-state index contributed by atoms with van der Waals surface area (Å²) in [6.07, 6.45) is 10.2. The molecule has 3 heteroatoms. The Morgan fingerprint density at radius 3 is 2.62 bits per heavy atom. The molecular formula is C13H28N2O. The van der Waals surface area contributed by atoms with Crippen molar-refractivity contribution < 1.29 is 4.74 Å². The van der Waals surface area contributed by atoms with E-state index in [1.165, 1.54) is 51.4 Å². The molecule has 1 unspecified atom stereocenters. The molecule has 1 aliphatic rings. The zero-order valence-corrected chi connectivity index (χ0v) is 10.7. The quantitative estimate of drug-likeness (QED) is 0.381. The van der Waals surface area contributed by atoms with E-state index in [2.05, 4.69) is 12.3 Å². The molecule has 16 heavy (non-hydrogen) atoms. The molecular weight excluding hydrogens is 200 g/mol. The van der Waals surface area contributed by atoms with Gasteiger partial charge in [-0.3, -0.25) is 11.3 Å². The highest BCUT2D eigenvalue weighted by atomic mass is 16.5. The first-order chi connectivity index (χ1) is 7.86. The Morgan fingerprint density at radius 2 is 2.00 bits per heavy atom. The van der Waals surface area contributed by atoms with Crippen molar-refractivity contribution in [2.45, 2.75) is 64.3 Å². The molecule has 0 aromatic rings. The third-order valence-corrected chi connectivity index (χ3v) is 3.60. The zero-order valence-electron chi connectivity index (χ0n) is 10.7. The number of nitrogens with one attached hydrogen (secondary N) is 1. The molecule has 1 saturated heterocycles. The molecule has 0 aromatic heterocycles. The monoisotopic (exact) mass is 228 g/mol. The van der Waals surface area contributed by atoms with Crippen LogP contribution in [-0.2, 0) is 4.74 Å². The van der Waals surface area contributed by atoms with Crippen LogP contribution in [0.3, 0.4) is 0 Å². The maximum absolute atomic E-state index is 5.62. The molecule has 0 saturated carbocycles. The van der Waals surface area contributed by atoms with E-state index >= 15 is 0 Å². The van der Waals surface area contributed by atoms with Gasteiger partial charge in [0.1, 0.15) is 0 Å². The van der Waals surface area contributed by atoms with Gasteiger partial charge in [0.05, 0.1) is 0 Å². The van der Waals surface area contributed by atoms with Crippen molar-refractivity contribution in [2.24, 2.45) is 11.8 Å². The predicted octanol–water partition coefficient (Wildman–Crippen LogP) is 2.61. The number of hydrazine groups is 1. The molecule has 1 atom stereocenters. The average molecular weight is 228 g/mol. The number of hydrogen-bond acceptors (Lipinski definition) is 3. The van der Waals surface area contributed by atoms with Gasteiger partial charge in [-0.25, -0.2) is 0 Å². The van der Waals surface area contributed by atoms with Gasteiger partial charge in [-0.1, -0.05) is 32.6 Å². The molecule has 1 heterocycles. The van der Waals surface area contributed by atoms with Crippen LogP contribution in [0.1, 0.15) is 58.3 Å². The number of unbranched alkanes of at least 4 members (excludes halogenated alkanes) is 3. The van der Waals surface area contributed by atoms with Gasteiger partial charge in [0.15, 0.2) is 0 Å². The van der Waals surface area contributed by atoms with Crippen molar-refractivity contribution in [1.82, 2.24) is 5.43 Å². The minimum atomic E-state index is 0.514. The molecule has 1 fully saturated rings. The number of ether oxygens (including phenoxy) is 1. The first-order valence-corrected chi connectivity index (χ1v) is 6.90. The SMILES string of the molecule is CCCCCCC(CC1CCOCC1)NN. The highest BCUT2D eigenvalue weighted by molar-refractivity contribution is 4.72. The highest BCUT2D eigenvalue weighted by Crippen LogP contribution is 2.21. The number of nitrogens with two attached hydrogens (primary N) is 1. The Bertz CT molecular complexity index is 158. The fourth-order valence-electron chi connectivity index (χ4n) is 2.47. The lowest BCUT2D eigenvalue weighted by molar-refractivity contribution is 0.0601. The second-order valence-corrected chi connectivity index (χ2v) is 5.00. The molecule has 1 aliphatic heterocycles. The van der Waals surface area contributed by atoms with E-state index in [1.807, 2.05) is 0 Å². The average Bonchev–Trinajstić information content (AvgIpc) is 2.34. The number of rotatable bonds is 8. The van der Waals surface area contributed by atoms with Crippen LogP contribution in [0.2, 0.25) is 0 Å². The van der Waals surface area contributed by atoms with Gasteiger partial charge in [-0.05, 0) is 31.6 Å². The maximum atomic E-state index is 5.62. The van der Waals surface area contributed by atoms with Crippen LogP contribution < -0.4 is 11.3 Å². The van der Waals surface area contributed by atoms with Crippen molar-refractivity contribution in [3.05, 3.63) is 0 Å². The summed E-state index contributed by atoms with van der Waals surface area (Å²) in [5.74, 6) is 6.44. The van der Waals surface area contributed by atoms with Crippen molar-refractivity contribution in [3.63, 3.8) is 0 Å². The van der Waals surface area contributed by atoms with E-state index in [1.54, 1.807) is 0 Å². The molecule has 0 amide bonds. The first-order valence-electron chi connectivity index (χ1n) is 6.90. The van der Waals surface area contributed by atoms with Crippen LogP contribution in [0.25, 0.3) is 0 Å². The van der Waals surface area contributed by atoms with E-state index in [0.717, 1.165) is 19.1 Å². The second-order valence-electron chi connectivity index (χ2n) is 5.00. The molecule has 96 valence electrons. The zero-order chi connectivity index (χ0) is 11.6. The molecule has 3 N–H and O–H groups in total. The molecule has 0 bridgehead atoms. The van der Waals surface area contributed by atoms with E-state index in [0.29, 0.717) is 6.04 Å². The van der Waals surface area contributed by atoms with Gasteiger partial charge in [-0.2, -0.15) is 0 Å². The van der Waals surface area contributed by atoms with Gasteiger partial charge < -0.3 is 4.74 Å². The molecule has 3 nitrogen and oxygen atoms in total. The van der Waals surface area contributed by atoms with E-state index in [4.69, 9.17) is 10.6 Å². The predicted molar refractivity (Wildman–Crippen MR) is 68.0 cm³/mol. The third-order valence-electron chi connectivity index (χ3n) is 3.60. The lowest BCUT2D eigenvalue weighted by atomic mass is 9.90. The summed E-state index contributed by atoms with van der Waals surface area (Å²) in [4.78, 5) is 0. The number of hydrogen-bond donors (Lipinski definition) is 2. The smallest absolute Gasteiger partial charge is 0.0468 e. The Kier molecular flexibility index (Phi) is 7.81. The van der Waals surface area contributed by atoms with Crippen LogP contribution >= 0.6 is 0 Å². The minimum absolute atomic E-state index is 0.514. The highest BCUT2D eigenvalue weighted by Gasteiger charge is 2.18. The lowest BCUT2D eigenvalue weighted by Gasteiger charge is -2.26. The van der Waals surface area contributed by atoms with Crippen molar-refractivity contribution in [2.75, 3.05) is 13.2 Å². The summed E-state index contributed by atoms with van der Waals surface area (Å²) < 4.78 is 5.38. The first kappa shape index (κ1) is 13.9. The Hall–Kier alpha value is -0.120. The van der Waals surface area contributed by atoms with Crippen molar-refractivity contribution in [3.8, 4) is 0 Å². The van der Waals surface area contributed by atoms with Gasteiger partial charge >= 0.3 is 0 Å². The van der Waals surface area contributed by atoms with E-state index < -0.39 is 0 Å². The van der Waals surface area contributed by atoms with Gasteiger partial charge in [-0.15, -0.1) is 0 Å². The molecule has 0 radical (unpaired) electrons. The largest absolute Gasteiger partial charge is 0.381 e. The van der Waals surface area contributed by atoms with Crippen LogP contribution in [0.4, 0.5) is 0 Å². The van der Waals surface area contributed by atoms with Crippen LogP contribution in [0.15, 0.2) is 0 Å². The van der Waals surface area contributed by atoms with Crippen LogP contribution in [-0.4, -0.2) is 19.3 Å². The summed E-state index contributed by atoms with van der Waals surface area (Å²) in [6, 6.07) is 0.514. The Labute approximate surface area is 100 Å². The summed E-state index contributed by atoms with van der Waals surface area (Å²) in [6.45, 7) is 4.14. The van der Waals surface area contributed by atoms with Crippen molar-refractivity contribution in [1.29, 1.82) is 0 Å². The third kappa shape index (κ3) is 5.83. The topological polar surface area (TPSA) is 47.3 Å². The Balaban J connectivity index is 2.09. The normalized spacial score (nSPS) is 19.9. The van der Waals surface area contributed by atoms with E-state index in [9.17, 15) is 0 Å². The lowest BCUT2D eigenvalue weighted by Crippen LogP contribution is -2.37. The second kappa shape index (κ2) is 8.97. The molecule has 0 aliphatic carbocycles. The van der Waals surface area contributed by atoms with Gasteiger partial charge in [0.25, 0.3) is 0 Å². The van der Waals surface area contributed by atoms with Crippen LogP contribution in [0, 0.1) is 5.92 Å². The van der Waals surface area contributed by atoms with Gasteiger partial charge in [0.2, 0.25) is 0 Å². The summed E-state index contributed by atoms with van der Waals surface area (Å²) in [5, 5.41) is 0. The summed E-state index contributed by atoms with van der Waals surface area (Å²) in [7, 11) is 0. The fourth-order valence-corrected chi connectivity index (χ4v) is 2.47. The van der Waals surface area contributed by atoms with Crippen molar-refractivity contribution >= 4 is 0 Å². The summed E-state index contributed by atoms with van der Waals surface area (Å²) in [5.41, 5.74) is 2.99. The summed E-state index contributed by atoms with van der Waals surface area (Å²) >= 11 is 0. The maximum Gasteiger partial charge on any atom is 0.0468 e. The minimum Gasteiger partial charge on any atom is -0.381 e. The fraction of sp³-hybridized carbons (Fsp3) is 1.00. The molecule has 0 spiro atoms. The molecule has 1 rings (SSSR count).